The predicted molar refractivity (Wildman–Crippen MR) is 91.9 cm³/mol. The van der Waals surface area contributed by atoms with E-state index in [4.69, 9.17) is 33.2 Å². The molecule has 0 bridgehead atoms. The Labute approximate surface area is 154 Å². The summed E-state index contributed by atoms with van der Waals surface area (Å²) in [6.07, 6.45) is 1.11. The van der Waals surface area contributed by atoms with Gasteiger partial charge >= 0.3 is 11.9 Å². The molecule has 0 aromatic heterocycles. The minimum absolute atomic E-state index is 0.200. The SMILES string of the molecule is C=CC(=O)OCCOCCOCCOCCOCCOCCOC(C)=O. The number of esters is 2. The highest BCUT2D eigenvalue weighted by Gasteiger charge is 1.96. The first kappa shape index (κ1) is 24.5. The molecule has 0 rings (SSSR count). The van der Waals surface area contributed by atoms with Crippen molar-refractivity contribution in [3.05, 3.63) is 12.7 Å². The summed E-state index contributed by atoms with van der Waals surface area (Å²) in [5.41, 5.74) is 0. The fourth-order valence-electron chi connectivity index (χ4n) is 1.49. The van der Waals surface area contributed by atoms with Crippen molar-refractivity contribution in [3.63, 3.8) is 0 Å². The summed E-state index contributed by atoms with van der Waals surface area (Å²) in [6, 6.07) is 0. The van der Waals surface area contributed by atoms with Crippen molar-refractivity contribution in [2.45, 2.75) is 6.92 Å². The molecule has 0 saturated carbocycles. The molecule has 0 N–H and O–H groups in total. The van der Waals surface area contributed by atoms with Crippen LogP contribution in [0.1, 0.15) is 6.92 Å². The number of ether oxygens (including phenoxy) is 7. The van der Waals surface area contributed by atoms with Gasteiger partial charge in [-0.2, -0.15) is 0 Å². The molecule has 152 valence electrons. The first-order valence-corrected chi connectivity index (χ1v) is 8.48. The Balaban J connectivity index is 3.04. The molecular weight excluding hydrogens is 348 g/mol. The Hall–Kier alpha value is -1.52. The summed E-state index contributed by atoms with van der Waals surface area (Å²) in [5.74, 6) is -0.775. The highest BCUT2D eigenvalue weighted by atomic mass is 16.6. The van der Waals surface area contributed by atoms with E-state index in [1.54, 1.807) is 0 Å². The van der Waals surface area contributed by atoms with E-state index >= 15 is 0 Å². The van der Waals surface area contributed by atoms with Crippen LogP contribution in [-0.2, 0) is 42.7 Å². The second-order valence-electron chi connectivity index (χ2n) is 4.77. The van der Waals surface area contributed by atoms with Crippen LogP contribution in [0.25, 0.3) is 0 Å². The van der Waals surface area contributed by atoms with Gasteiger partial charge in [0.25, 0.3) is 0 Å². The van der Waals surface area contributed by atoms with E-state index in [0.717, 1.165) is 6.08 Å². The third-order valence-corrected chi connectivity index (χ3v) is 2.66. The highest BCUT2D eigenvalue weighted by Crippen LogP contribution is 1.85. The minimum Gasteiger partial charge on any atom is -0.463 e. The number of rotatable bonds is 19. The van der Waals surface area contributed by atoms with Gasteiger partial charge in [-0.25, -0.2) is 4.79 Å². The van der Waals surface area contributed by atoms with Crippen LogP contribution in [0.5, 0.6) is 0 Å². The maximum absolute atomic E-state index is 10.7. The van der Waals surface area contributed by atoms with Crippen molar-refractivity contribution in [3.8, 4) is 0 Å². The van der Waals surface area contributed by atoms with Crippen molar-refractivity contribution < 1.29 is 42.7 Å². The van der Waals surface area contributed by atoms with Gasteiger partial charge in [0, 0.05) is 13.0 Å². The van der Waals surface area contributed by atoms with Gasteiger partial charge in [-0.3, -0.25) is 4.79 Å². The molecule has 26 heavy (non-hydrogen) atoms. The summed E-state index contributed by atoms with van der Waals surface area (Å²) in [7, 11) is 0. The van der Waals surface area contributed by atoms with E-state index in [9.17, 15) is 9.59 Å². The van der Waals surface area contributed by atoms with Crippen molar-refractivity contribution >= 4 is 11.9 Å². The van der Waals surface area contributed by atoms with E-state index in [1.165, 1.54) is 6.92 Å². The van der Waals surface area contributed by atoms with Gasteiger partial charge in [0.15, 0.2) is 0 Å². The van der Waals surface area contributed by atoms with Crippen LogP contribution in [0.3, 0.4) is 0 Å². The topological polar surface area (TPSA) is 98.8 Å². The van der Waals surface area contributed by atoms with E-state index in [-0.39, 0.29) is 19.2 Å². The van der Waals surface area contributed by atoms with E-state index in [1.807, 2.05) is 0 Å². The number of carbonyl (C=O) groups is 2. The number of hydrogen-bond donors (Lipinski definition) is 0. The monoisotopic (exact) mass is 378 g/mol. The second-order valence-corrected chi connectivity index (χ2v) is 4.77. The molecule has 0 fully saturated rings. The largest absolute Gasteiger partial charge is 0.463 e. The lowest BCUT2D eigenvalue weighted by molar-refractivity contribution is -0.142. The Kier molecular flexibility index (Phi) is 18.6. The number of hydrogen-bond acceptors (Lipinski definition) is 9. The van der Waals surface area contributed by atoms with Crippen LogP contribution in [0.4, 0.5) is 0 Å². The maximum atomic E-state index is 10.7. The zero-order chi connectivity index (χ0) is 19.3. The zero-order valence-electron chi connectivity index (χ0n) is 15.4. The Bertz CT molecular complexity index is 360. The van der Waals surface area contributed by atoms with Crippen molar-refractivity contribution in [2.24, 2.45) is 0 Å². The summed E-state index contributed by atoms with van der Waals surface area (Å²) in [6.45, 7) is 9.44. The fraction of sp³-hybridized carbons (Fsp3) is 0.765. The molecule has 0 aromatic carbocycles. The van der Waals surface area contributed by atoms with Crippen molar-refractivity contribution in [1.29, 1.82) is 0 Å². The summed E-state index contributed by atoms with van der Waals surface area (Å²) in [4.78, 5) is 21.2. The van der Waals surface area contributed by atoms with Gasteiger partial charge in [-0.1, -0.05) is 6.58 Å². The lowest BCUT2D eigenvalue weighted by Gasteiger charge is -2.08. The molecule has 0 radical (unpaired) electrons. The van der Waals surface area contributed by atoms with Gasteiger partial charge in [0.1, 0.15) is 13.2 Å². The fourth-order valence-corrected chi connectivity index (χ4v) is 1.49. The molecule has 9 heteroatoms. The molecular formula is C17H30O9. The van der Waals surface area contributed by atoms with Crippen molar-refractivity contribution in [2.75, 3.05) is 79.3 Å². The average Bonchev–Trinajstić information content (AvgIpc) is 2.63. The van der Waals surface area contributed by atoms with E-state index in [0.29, 0.717) is 66.1 Å². The van der Waals surface area contributed by atoms with Gasteiger partial charge in [-0.05, 0) is 0 Å². The Morgan fingerprint density at radius 2 is 0.923 bits per heavy atom. The average molecular weight is 378 g/mol. The van der Waals surface area contributed by atoms with Crippen LogP contribution in [0.2, 0.25) is 0 Å². The second kappa shape index (κ2) is 19.8. The molecule has 0 aliphatic carbocycles. The third kappa shape index (κ3) is 20.5. The normalized spacial score (nSPS) is 10.5. The molecule has 0 saturated heterocycles. The van der Waals surface area contributed by atoms with Crippen molar-refractivity contribution in [1.82, 2.24) is 0 Å². The Morgan fingerprint density at radius 3 is 1.23 bits per heavy atom. The predicted octanol–water partition coefficient (Wildman–Crippen LogP) is 0.362. The standard InChI is InChI=1S/C17H30O9/c1-3-17(19)26-15-13-24-11-9-22-7-5-20-4-6-21-8-10-23-12-14-25-16(2)18/h3H,1,4-15H2,2H3. The van der Waals surface area contributed by atoms with Gasteiger partial charge in [0.05, 0.1) is 66.1 Å². The van der Waals surface area contributed by atoms with Crippen LogP contribution in [0.15, 0.2) is 12.7 Å². The first-order chi connectivity index (χ1) is 12.7. The first-order valence-electron chi connectivity index (χ1n) is 8.48. The van der Waals surface area contributed by atoms with Crippen LogP contribution < -0.4 is 0 Å². The summed E-state index contributed by atoms with van der Waals surface area (Å²) < 4.78 is 35.8. The van der Waals surface area contributed by atoms with Crippen LogP contribution >= 0.6 is 0 Å². The molecule has 0 aliphatic rings. The molecule has 0 spiro atoms. The molecule has 0 aliphatic heterocycles. The highest BCUT2D eigenvalue weighted by molar-refractivity contribution is 5.81. The summed E-state index contributed by atoms with van der Waals surface area (Å²) >= 11 is 0. The molecule has 0 unspecified atom stereocenters. The lowest BCUT2D eigenvalue weighted by atomic mass is 10.6. The Morgan fingerprint density at radius 1 is 0.615 bits per heavy atom. The van der Waals surface area contributed by atoms with Gasteiger partial charge < -0.3 is 33.2 Å². The van der Waals surface area contributed by atoms with Crippen LogP contribution in [-0.4, -0.2) is 91.2 Å². The quantitative estimate of drug-likeness (QED) is 0.179. The lowest BCUT2D eigenvalue weighted by Crippen LogP contribution is -2.15. The zero-order valence-corrected chi connectivity index (χ0v) is 15.4. The smallest absolute Gasteiger partial charge is 0.330 e. The molecule has 0 heterocycles. The molecule has 0 amide bonds. The number of carbonyl (C=O) groups excluding carboxylic acids is 2. The third-order valence-electron chi connectivity index (χ3n) is 2.66. The maximum Gasteiger partial charge on any atom is 0.330 e. The molecule has 0 atom stereocenters. The van der Waals surface area contributed by atoms with Crippen LogP contribution in [0, 0.1) is 0 Å². The summed E-state index contributed by atoms with van der Waals surface area (Å²) in [5, 5.41) is 0. The van der Waals surface area contributed by atoms with E-state index < -0.39 is 5.97 Å². The molecule has 0 aromatic rings. The minimum atomic E-state index is -0.460. The van der Waals surface area contributed by atoms with Gasteiger partial charge in [0.2, 0.25) is 0 Å². The van der Waals surface area contributed by atoms with E-state index in [2.05, 4.69) is 6.58 Å². The molecule has 9 nitrogen and oxygen atoms in total. The van der Waals surface area contributed by atoms with Gasteiger partial charge in [-0.15, -0.1) is 0 Å².